The van der Waals surface area contributed by atoms with Crippen molar-refractivity contribution in [2.75, 3.05) is 12.8 Å². The Morgan fingerprint density at radius 3 is 2.81 bits per heavy atom. The molecule has 3 rings (SSSR count). The molecule has 0 saturated heterocycles. The number of ether oxygens (including phenoxy) is 1. The molecule has 0 amide bonds. The van der Waals surface area contributed by atoms with Crippen LogP contribution in [0.3, 0.4) is 0 Å². The Hall–Kier alpha value is -2.14. The van der Waals surface area contributed by atoms with Crippen molar-refractivity contribution < 1.29 is 9.26 Å². The summed E-state index contributed by atoms with van der Waals surface area (Å²) in [5.41, 5.74) is 7.11. The zero-order valence-electron chi connectivity index (χ0n) is 12.1. The van der Waals surface area contributed by atoms with Gasteiger partial charge in [-0.05, 0) is 49.5 Å². The number of nitrogens with zero attached hydrogens (tertiary/aromatic N) is 2. The minimum absolute atomic E-state index is 0.368. The predicted molar refractivity (Wildman–Crippen MR) is 81.2 cm³/mol. The van der Waals surface area contributed by atoms with E-state index >= 15 is 0 Å². The van der Waals surface area contributed by atoms with E-state index in [-0.39, 0.29) is 5.60 Å². The minimum Gasteiger partial charge on any atom is -0.399 e. The van der Waals surface area contributed by atoms with Gasteiger partial charge in [-0.25, -0.2) is 0 Å². The fourth-order valence-electron chi connectivity index (χ4n) is 2.78. The molecular formula is C16H19N3O2. The number of benzene rings is 1. The molecule has 0 unspecified atom stereocenters. The molecule has 5 nitrogen and oxygen atoms in total. The number of methoxy groups -OCH3 is 1. The van der Waals surface area contributed by atoms with Crippen molar-refractivity contribution in [1.82, 2.24) is 10.1 Å². The van der Waals surface area contributed by atoms with E-state index in [0.717, 1.165) is 36.9 Å². The molecule has 0 spiro atoms. The highest BCUT2D eigenvalue weighted by Gasteiger charge is 2.40. The van der Waals surface area contributed by atoms with E-state index in [9.17, 15) is 0 Å². The summed E-state index contributed by atoms with van der Waals surface area (Å²) in [6.07, 6.45) is 7.86. The number of rotatable bonds is 4. The monoisotopic (exact) mass is 285 g/mol. The Morgan fingerprint density at radius 2 is 2.10 bits per heavy atom. The molecule has 0 bridgehead atoms. The highest BCUT2D eigenvalue weighted by Crippen LogP contribution is 2.40. The average molecular weight is 285 g/mol. The summed E-state index contributed by atoms with van der Waals surface area (Å²) in [6.45, 7) is 0. The quantitative estimate of drug-likeness (QED) is 0.873. The number of nitrogens with two attached hydrogens (primary N) is 1. The molecule has 2 N–H and O–H groups in total. The van der Waals surface area contributed by atoms with Crippen LogP contribution in [0.25, 0.3) is 12.2 Å². The third-order valence-electron chi connectivity index (χ3n) is 3.98. The summed E-state index contributed by atoms with van der Waals surface area (Å²) in [5.74, 6) is 1.13. The predicted octanol–water partition coefficient (Wildman–Crippen LogP) is 3.24. The van der Waals surface area contributed by atoms with Gasteiger partial charge in [-0.3, -0.25) is 0 Å². The van der Waals surface area contributed by atoms with E-state index in [0.29, 0.717) is 11.7 Å². The zero-order valence-corrected chi connectivity index (χ0v) is 12.1. The molecule has 1 aliphatic carbocycles. The van der Waals surface area contributed by atoms with E-state index < -0.39 is 0 Å². The number of hydrogen-bond donors (Lipinski definition) is 1. The van der Waals surface area contributed by atoms with Gasteiger partial charge in [-0.15, -0.1) is 0 Å². The van der Waals surface area contributed by atoms with Crippen LogP contribution in [0, 0.1) is 0 Å². The Kier molecular flexibility index (Phi) is 3.75. The molecule has 1 heterocycles. The lowest BCUT2D eigenvalue weighted by Crippen LogP contribution is -2.25. The molecule has 1 aromatic carbocycles. The average Bonchev–Trinajstić information content (AvgIpc) is 3.15. The van der Waals surface area contributed by atoms with Crippen LogP contribution in [0.1, 0.15) is 43.0 Å². The molecule has 5 heteroatoms. The largest absolute Gasteiger partial charge is 0.399 e. The van der Waals surface area contributed by atoms with Gasteiger partial charge in [0.1, 0.15) is 5.60 Å². The molecule has 0 radical (unpaired) electrons. The van der Waals surface area contributed by atoms with Gasteiger partial charge in [0.2, 0.25) is 5.82 Å². The number of hydrogen-bond acceptors (Lipinski definition) is 5. The maximum absolute atomic E-state index is 5.75. The molecule has 0 atom stereocenters. The van der Waals surface area contributed by atoms with Crippen LogP contribution in [0.2, 0.25) is 0 Å². The summed E-state index contributed by atoms with van der Waals surface area (Å²) < 4.78 is 10.9. The second kappa shape index (κ2) is 5.69. The maximum atomic E-state index is 5.75. The Morgan fingerprint density at radius 1 is 1.29 bits per heavy atom. The van der Waals surface area contributed by atoms with E-state index in [1.807, 2.05) is 30.3 Å². The van der Waals surface area contributed by atoms with Gasteiger partial charge in [-0.1, -0.05) is 17.3 Å². The van der Waals surface area contributed by atoms with Crippen LogP contribution in [-0.4, -0.2) is 17.3 Å². The molecule has 1 saturated carbocycles. The van der Waals surface area contributed by atoms with Crippen molar-refractivity contribution in [3.05, 3.63) is 41.5 Å². The minimum atomic E-state index is -0.368. The van der Waals surface area contributed by atoms with Gasteiger partial charge < -0.3 is 15.0 Å². The van der Waals surface area contributed by atoms with Crippen LogP contribution in [-0.2, 0) is 10.3 Å². The maximum Gasteiger partial charge on any atom is 0.250 e. The third-order valence-corrected chi connectivity index (χ3v) is 3.98. The van der Waals surface area contributed by atoms with Crippen molar-refractivity contribution >= 4 is 17.8 Å². The fraction of sp³-hybridized carbons (Fsp3) is 0.375. The van der Waals surface area contributed by atoms with Gasteiger partial charge in [-0.2, -0.15) is 4.98 Å². The summed E-state index contributed by atoms with van der Waals surface area (Å²) in [6, 6.07) is 7.62. The summed E-state index contributed by atoms with van der Waals surface area (Å²) in [7, 11) is 1.71. The lowest BCUT2D eigenvalue weighted by molar-refractivity contribution is -0.0178. The molecule has 21 heavy (non-hydrogen) atoms. The Bertz CT molecular complexity index is 642. The third kappa shape index (κ3) is 2.83. The second-order valence-corrected chi connectivity index (χ2v) is 5.37. The second-order valence-electron chi connectivity index (χ2n) is 5.37. The zero-order chi connectivity index (χ0) is 14.7. The van der Waals surface area contributed by atoms with Gasteiger partial charge >= 0.3 is 0 Å². The van der Waals surface area contributed by atoms with Crippen molar-refractivity contribution in [3.8, 4) is 0 Å². The van der Waals surface area contributed by atoms with Crippen molar-refractivity contribution in [3.63, 3.8) is 0 Å². The summed E-state index contributed by atoms with van der Waals surface area (Å²) in [5, 5.41) is 4.08. The lowest BCUT2D eigenvalue weighted by atomic mass is 10.0. The van der Waals surface area contributed by atoms with E-state index in [1.165, 1.54) is 0 Å². The van der Waals surface area contributed by atoms with Gasteiger partial charge in [0.05, 0.1) is 0 Å². The van der Waals surface area contributed by atoms with Crippen LogP contribution < -0.4 is 5.73 Å². The number of nitrogen functional groups attached to an aromatic ring is 1. The standard InChI is InChI=1S/C16H19N3O2/c1-20-16(9-2-3-10-16)15-18-14(21-19-15)8-7-12-5-4-6-13(17)11-12/h4-8,11H,2-3,9-10,17H2,1H3/b8-7+. The normalized spacial score (nSPS) is 17.6. The highest BCUT2D eigenvalue weighted by molar-refractivity contribution is 5.67. The molecule has 1 aliphatic rings. The van der Waals surface area contributed by atoms with Crippen molar-refractivity contribution in [2.24, 2.45) is 0 Å². The first-order valence-electron chi connectivity index (χ1n) is 7.15. The topological polar surface area (TPSA) is 74.2 Å². The molecule has 110 valence electrons. The summed E-state index contributed by atoms with van der Waals surface area (Å²) in [4.78, 5) is 4.45. The highest BCUT2D eigenvalue weighted by atomic mass is 16.5. The Balaban J connectivity index is 1.79. The SMILES string of the molecule is COC1(c2noc(/C=C/c3cccc(N)c3)n2)CCCC1. The first-order valence-corrected chi connectivity index (χ1v) is 7.15. The Labute approximate surface area is 123 Å². The van der Waals surface area contributed by atoms with E-state index in [4.69, 9.17) is 15.0 Å². The van der Waals surface area contributed by atoms with E-state index in [1.54, 1.807) is 13.2 Å². The van der Waals surface area contributed by atoms with Crippen LogP contribution in [0.5, 0.6) is 0 Å². The van der Waals surface area contributed by atoms with E-state index in [2.05, 4.69) is 10.1 Å². The molecular weight excluding hydrogens is 266 g/mol. The first-order chi connectivity index (χ1) is 10.2. The molecule has 2 aromatic rings. The van der Waals surface area contributed by atoms with Gasteiger partial charge in [0.25, 0.3) is 5.89 Å². The number of aromatic nitrogens is 2. The van der Waals surface area contributed by atoms with Crippen molar-refractivity contribution in [2.45, 2.75) is 31.3 Å². The first kappa shape index (κ1) is 13.8. The fourth-order valence-corrected chi connectivity index (χ4v) is 2.78. The molecule has 1 fully saturated rings. The van der Waals surface area contributed by atoms with Crippen LogP contribution >= 0.6 is 0 Å². The van der Waals surface area contributed by atoms with Crippen LogP contribution in [0.15, 0.2) is 28.8 Å². The number of anilines is 1. The van der Waals surface area contributed by atoms with Gasteiger partial charge in [0.15, 0.2) is 0 Å². The van der Waals surface area contributed by atoms with Crippen molar-refractivity contribution in [1.29, 1.82) is 0 Å². The molecule has 1 aromatic heterocycles. The lowest BCUT2D eigenvalue weighted by Gasteiger charge is -2.22. The summed E-state index contributed by atoms with van der Waals surface area (Å²) >= 11 is 0. The molecule has 0 aliphatic heterocycles. The van der Waals surface area contributed by atoms with Crippen LogP contribution in [0.4, 0.5) is 5.69 Å². The van der Waals surface area contributed by atoms with Gasteiger partial charge in [0, 0.05) is 18.9 Å². The smallest absolute Gasteiger partial charge is 0.250 e.